The largest absolute Gasteiger partial charge is 0.477 e. The number of carbonyl (C=O) groups is 2. The van der Waals surface area contributed by atoms with Crippen LogP contribution < -0.4 is 21.4 Å². The molecule has 1 unspecified atom stereocenters. The molecule has 1 fully saturated rings. The summed E-state index contributed by atoms with van der Waals surface area (Å²) >= 11 is 0. The Hall–Kier alpha value is -4.77. The summed E-state index contributed by atoms with van der Waals surface area (Å²) in [6.45, 7) is 7.16. The van der Waals surface area contributed by atoms with Gasteiger partial charge in [-0.1, -0.05) is 18.2 Å². The number of likely N-dealkylation sites (tertiary alicyclic amines) is 1. The molecule has 1 aliphatic rings. The molecule has 0 bridgehead atoms. The fraction of sp³-hybridized carbons (Fsp3) is 0.323. The number of amides is 2. The smallest absolute Gasteiger partial charge is 0.343 e. The second-order valence-corrected chi connectivity index (χ2v) is 10.4. The summed E-state index contributed by atoms with van der Waals surface area (Å²) in [5.41, 5.74) is 2.49. The van der Waals surface area contributed by atoms with Gasteiger partial charge in [0.1, 0.15) is 17.0 Å². The molecule has 1 atom stereocenters. The third-order valence-corrected chi connectivity index (χ3v) is 7.64. The van der Waals surface area contributed by atoms with Crippen molar-refractivity contribution < 1.29 is 14.7 Å². The van der Waals surface area contributed by atoms with E-state index in [-0.39, 0.29) is 22.8 Å². The fourth-order valence-corrected chi connectivity index (χ4v) is 5.39. The molecule has 0 aliphatic carbocycles. The van der Waals surface area contributed by atoms with E-state index in [1.807, 2.05) is 31.2 Å². The van der Waals surface area contributed by atoms with Gasteiger partial charge in [0.2, 0.25) is 5.43 Å². The lowest BCUT2D eigenvalue weighted by molar-refractivity contribution is 0.0696. The van der Waals surface area contributed by atoms with Crippen molar-refractivity contribution in [1.82, 2.24) is 24.8 Å². The molecular formula is C31H35N7O4. The molecule has 4 heterocycles. The minimum atomic E-state index is -1.27. The number of benzene rings is 1. The SMILES string of the molecule is CCn1c(NCCN2CCCC2C)c(C(=O)O)c(=O)c2ccc(-c3ccc(NC(=O)NCc4cccnc4)cc3)nc21. The number of aromatic nitrogens is 3. The van der Waals surface area contributed by atoms with Gasteiger partial charge in [-0.3, -0.25) is 14.7 Å². The number of rotatable bonds is 10. The molecule has 4 aromatic rings. The Morgan fingerprint density at radius 1 is 1.12 bits per heavy atom. The van der Waals surface area contributed by atoms with Gasteiger partial charge in [0.25, 0.3) is 0 Å². The van der Waals surface area contributed by atoms with Crippen LogP contribution in [-0.2, 0) is 13.1 Å². The first-order valence-corrected chi connectivity index (χ1v) is 14.2. The Balaban J connectivity index is 1.37. The Kier molecular flexibility index (Phi) is 8.77. The highest BCUT2D eigenvalue weighted by Gasteiger charge is 2.24. The summed E-state index contributed by atoms with van der Waals surface area (Å²) in [5, 5.41) is 19.1. The van der Waals surface area contributed by atoms with Crippen molar-refractivity contribution in [2.24, 2.45) is 0 Å². The lowest BCUT2D eigenvalue weighted by Gasteiger charge is -2.23. The highest BCUT2D eigenvalue weighted by atomic mass is 16.4. The van der Waals surface area contributed by atoms with Crippen molar-refractivity contribution in [1.29, 1.82) is 0 Å². The van der Waals surface area contributed by atoms with Crippen LogP contribution in [0.25, 0.3) is 22.3 Å². The van der Waals surface area contributed by atoms with Gasteiger partial charge in [-0.2, -0.15) is 0 Å². The number of nitrogens with one attached hydrogen (secondary N) is 3. The maximum atomic E-state index is 13.3. The molecule has 0 spiro atoms. The number of pyridine rings is 3. The molecule has 2 amide bonds. The molecule has 1 aliphatic heterocycles. The van der Waals surface area contributed by atoms with Crippen LogP contribution in [0.15, 0.2) is 65.7 Å². The van der Waals surface area contributed by atoms with Crippen molar-refractivity contribution in [3.05, 3.63) is 82.3 Å². The van der Waals surface area contributed by atoms with Gasteiger partial charge in [-0.05, 0) is 69.1 Å². The van der Waals surface area contributed by atoms with Crippen molar-refractivity contribution in [2.45, 2.75) is 45.8 Å². The van der Waals surface area contributed by atoms with Crippen LogP contribution in [0, 0.1) is 0 Å². The molecular weight excluding hydrogens is 534 g/mol. The number of aryl methyl sites for hydroxylation is 1. The first kappa shape index (κ1) is 28.7. The average molecular weight is 570 g/mol. The van der Waals surface area contributed by atoms with Crippen LogP contribution in [0.2, 0.25) is 0 Å². The van der Waals surface area contributed by atoms with Crippen LogP contribution in [0.5, 0.6) is 0 Å². The number of fused-ring (bicyclic) bond motifs is 1. The van der Waals surface area contributed by atoms with Gasteiger partial charge >= 0.3 is 12.0 Å². The second-order valence-electron chi connectivity index (χ2n) is 10.4. The van der Waals surface area contributed by atoms with E-state index >= 15 is 0 Å². The van der Waals surface area contributed by atoms with Gasteiger partial charge in [0.15, 0.2) is 0 Å². The van der Waals surface area contributed by atoms with E-state index in [1.165, 1.54) is 0 Å². The highest BCUT2D eigenvalue weighted by Crippen LogP contribution is 2.25. The first-order chi connectivity index (χ1) is 20.4. The molecule has 5 rings (SSSR count). The molecule has 11 heteroatoms. The number of anilines is 2. The number of urea groups is 1. The molecule has 3 aromatic heterocycles. The van der Waals surface area contributed by atoms with Crippen molar-refractivity contribution in [3.63, 3.8) is 0 Å². The molecule has 0 saturated carbocycles. The maximum absolute atomic E-state index is 13.3. The number of carboxylic acid groups (broad SMARTS) is 1. The Bertz CT molecular complexity index is 1640. The van der Waals surface area contributed by atoms with Crippen LogP contribution >= 0.6 is 0 Å². The monoisotopic (exact) mass is 569 g/mol. The number of carboxylic acids is 1. The normalized spacial score (nSPS) is 15.0. The highest BCUT2D eigenvalue weighted by molar-refractivity contribution is 5.98. The third kappa shape index (κ3) is 6.26. The van der Waals surface area contributed by atoms with E-state index in [0.717, 1.165) is 37.1 Å². The van der Waals surface area contributed by atoms with Crippen molar-refractivity contribution in [3.8, 4) is 11.3 Å². The Labute approximate surface area is 243 Å². The summed E-state index contributed by atoms with van der Waals surface area (Å²) in [7, 11) is 0. The number of carbonyl (C=O) groups excluding carboxylic acids is 1. The number of nitrogens with zero attached hydrogens (tertiary/aromatic N) is 4. The molecule has 218 valence electrons. The van der Waals surface area contributed by atoms with E-state index in [2.05, 4.69) is 32.8 Å². The zero-order valence-corrected chi connectivity index (χ0v) is 23.8. The van der Waals surface area contributed by atoms with Crippen molar-refractivity contribution in [2.75, 3.05) is 30.3 Å². The molecule has 1 aromatic carbocycles. The van der Waals surface area contributed by atoms with E-state index in [9.17, 15) is 19.5 Å². The minimum Gasteiger partial charge on any atom is -0.477 e. The Morgan fingerprint density at radius 3 is 2.60 bits per heavy atom. The van der Waals surface area contributed by atoms with Gasteiger partial charge in [0, 0.05) is 55.9 Å². The van der Waals surface area contributed by atoms with Gasteiger partial charge in [0.05, 0.1) is 11.1 Å². The zero-order valence-electron chi connectivity index (χ0n) is 23.8. The molecule has 11 nitrogen and oxygen atoms in total. The molecule has 0 radical (unpaired) electrons. The summed E-state index contributed by atoms with van der Waals surface area (Å²) in [5.74, 6) is -0.992. The van der Waals surface area contributed by atoms with Crippen LogP contribution in [0.4, 0.5) is 16.3 Å². The molecule has 1 saturated heterocycles. The van der Waals surface area contributed by atoms with Crippen molar-refractivity contribution >= 4 is 34.5 Å². The van der Waals surface area contributed by atoms with E-state index < -0.39 is 11.4 Å². The van der Waals surface area contributed by atoms with Crippen LogP contribution in [0.1, 0.15) is 42.6 Å². The molecule has 42 heavy (non-hydrogen) atoms. The van der Waals surface area contributed by atoms with Gasteiger partial charge < -0.3 is 25.6 Å². The first-order valence-electron chi connectivity index (χ1n) is 14.2. The lowest BCUT2D eigenvalue weighted by Crippen LogP contribution is -2.33. The zero-order chi connectivity index (χ0) is 29.6. The number of aromatic carboxylic acids is 1. The summed E-state index contributed by atoms with van der Waals surface area (Å²) < 4.78 is 1.76. The summed E-state index contributed by atoms with van der Waals surface area (Å²) in [6, 6.07) is 14.4. The second kappa shape index (κ2) is 12.8. The number of hydrogen-bond acceptors (Lipinski definition) is 7. The van der Waals surface area contributed by atoms with Gasteiger partial charge in [-0.25, -0.2) is 14.6 Å². The number of hydrogen-bond donors (Lipinski definition) is 4. The van der Waals surface area contributed by atoms with Gasteiger partial charge in [-0.15, -0.1) is 0 Å². The average Bonchev–Trinajstić information content (AvgIpc) is 3.41. The topological polar surface area (TPSA) is 141 Å². The summed E-state index contributed by atoms with van der Waals surface area (Å²) in [6.07, 6.45) is 5.68. The third-order valence-electron chi connectivity index (χ3n) is 7.64. The van der Waals surface area contributed by atoms with E-state index in [0.29, 0.717) is 42.7 Å². The Morgan fingerprint density at radius 2 is 1.93 bits per heavy atom. The quantitative estimate of drug-likeness (QED) is 0.220. The predicted molar refractivity (Wildman–Crippen MR) is 163 cm³/mol. The lowest BCUT2D eigenvalue weighted by atomic mass is 10.1. The maximum Gasteiger partial charge on any atom is 0.343 e. The predicted octanol–water partition coefficient (Wildman–Crippen LogP) is 4.39. The van der Waals surface area contributed by atoms with E-state index in [1.54, 1.807) is 41.2 Å². The standard InChI is InChI=1S/C31H35N7O4/c1-3-38-28-24(27(39)26(30(40)41)29(38)33-15-17-37-16-5-6-20(37)2)12-13-25(36-28)22-8-10-23(11-9-22)35-31(42)34-19-21-7-4-14-32-18-21/h4,7-14,18,20,33H,3,5-6,15-17,19H2,1-2H3,(H,40,41)(H2,34,35,42). The fourth-order valence-electron chi connectivity index (χ4n) is 5.39. The van der Waals surface area contributed by atoms with Crippen LogP contribution in [0.3, 0.4) is 0 Å². The molecule has 4 N–H and O–H groups in total. The van der Waals surface area contributed by atoms with Crippen LogP contribution in [-0.4, -0.2) is 62.2 Å². The minimum absolute atomic E-state index is 0.250. The van der Waals surface area contributed by atoms with E-state index in [4.69, 9.17) is 4.98 Å². The summed E-state index contributed by atoms with van der Waals surface area (Å²) in [4.78, 5) is 49.1.